The Morgan fingerprint density at radius 2 is 1.84 bits per heavy atom. The summed E-state index contributed by atoms with van der Waals surface area (Å²) in [5.74, 6) is 3.98. The summed E-state index contributed by atoms with van der Waals surface area (Å²) in [6, 6.07) is 0. The molecule has 1 heterocycles. The highest BCUT2D eigenvalue weighted by molar-refractivity contribution is 5.69. The predicted molar refractivity (Wildman–Crippen MR) is 69.7 cm³/mol. The van der Waals surface area contributed by atoms with Crippen molar-refractivity contribution in [1.82, 2.24) is 9.97 Å². The molecule has 1 aromatic heterocycles. The molecule has 0 aromatic carbocycles. The molecular formula is C15H20N2O2. The molecule has 4 saturated carbocycles. The van der Waals surface area contributed by atoms with Crippen molar-refractivity contribution >= 4 is 5.97 Å². The Labute approximate surface area is 112 Å². The van der Waals surface area contributed by atoms with E-state index in [4.69, 9.17) is 5.11 Å². The molecule has 2 N–H and O–H groups in total. The summed E-state index contributed by atoms with van der Waals surface area (Å²) in [4.78, 5) is 18.3. The summed E-state index contributed by atoms with van der Waals surface area (Å²) in [5.41, 5.74) is 1.20. The van der Waals surface area contributed by atoms with E-state index in [9.17, 15) is 4.79 Å². The number of carboxylic acids is 1. The van der Waals surface area contributed by atoms with Crippen molar-refractivity contribution in [2.45, 2.75) is 44.4 Å². The van der Waals surface area contributed by atoms with Crippen LogP contribution in [0.5, 0.6) is 0 Å². The van der Waals surface area contributed by atoms with E-state index in [0.29, 0.717) is 11.7 Å². The Kier molecular flexibility index (Phi) is 2.47. The monoisotopic (exact) mass is 260 g/mol. The van der Waals surface area contributed by atoms with E-state index in [0.717, 1.165) is 23.7 Å². The molecule has 5 rings (SSSR count). The van der Waals surface area contributed by atoms with Gasteiger partial charge in [-0.2, -0.15) is 0 Å². The third-order valence-corrected chi connectivity index (χ3v) is 5.55. The summed E-state index contributed by atoms with van der Waals surface area (Å²) in [5, 5.41) is 8.83. The third-order valence-electron chi connectivity index (χ3n) is 5.55. The van der Waals surface area contributed by atoms with E-state index in [-0.39, 0.29) is 6.42 Å². The molecule has 0 unspecified atom stereocenters. The lowest BCUT2D eigenvalue weighted by atomic mass is 9.51. The van der Waals surface area contributed by atoms with Gasteiger partial charge >= 0.3 is 5.97 Å². The summed E-state index contributed by atoms with van der Waals surface area (Å²) in [6.45, 7) is 0. The Morgan fingerprint density at radius 1 is 1.21 bits per heavy atom. The Hall–Kier alpha value is -1.32. The number of hydrogen-bond acceptors (Lipinski definition) is 2. The topological polar surface area (TPSA) is 66.0 Å². The first-order valence-corrected chi connectivity index (χ1v) is 7.44. The second kappa shape index (κ2) is 4.09. The average Bonchev–Trinajstić information content (AvgIpc) is 2.75. The van der Waals surface area contributed by atoms with Crippen LogP contribution in [0.15, 0.2) is 6.20 Å². The van der Waals surface area contributed by atoms with Gasteiger partial charge in [0.25, 0.3) is 0 Å². The van der Waals surface area contributed by atoms with Gasteiger partial charge in [0.2, 0.25) is 0 Å². The Balaban J connectivity index is 1.58. The zero-order chi connectivity index (χ0) is 13.0. The first kappa shape index (κ1) is 11.5. The molecule has 4 bridgehead atoms. The number of carbonyl (C=O) groups is 1. The van der Waals surface area contributed by atoms with E-state index in [1.807, 2.05) is 6.20 Å². The fourth-order valence-electron chi connectivity index (χ4n) is 5.21. The lowest BCUT2D eigenvalue weighted by Gasteiger charge is -2.54. The molecule has 4 fully saturated rings. The molecule has 4 nitrogen and oxygen atoms in total. The van der Waals surface area contributed by atoms with Crippen LogP contribution in [0.2, 0.25) is 0 Å². The van der Waals surface area contributed by atoms with Crippen LogP contribution in [0.1, 0.15) is 49.5 Å². The van der Waals surface area contributed by atoms with Crippen molar-refractivity contribution in [3.63, 3.8) is 0 Å². The van der Waals surface area contributed by atoms with Crippen molar-refractivity contribution in [3.8, 4) is 0 Å². The molecule has 0 atom stereocenters. The second-order valence-corrected chi connectivity index (χ2v) is 6.81. The molecule has 4 heteroatoms. The van der Waals surface area contributed by atoms with Crippen LogP contribution in [0.4, 0.5) is 0 Å². The van der Waals surface area contributed by atoms with Crippen LogP contribution in [0, 0.1) is 23.7 Å². The molecule has 0 saturated heterocycles. The largest absolute Gasteiger partial charge is 0.481 e. The highest BCUT2D eigenvalue weighted by atomic mass is 16.4. The molecule has 1 aromatic rings. The highest BCUT2D eigenvalue weighted by Crippen LogP contribution is 2.59. The molecule has 19 heavy (non-hydrogen) atoms. The van der Waals surface area contributed by atoms with Gasteiger partial charge in [0.05, 0.1) is 0 Å². The van der Waals surface area contributed by atoms with Crippen LogP contribution in [0.25, 0.3) is 0 Å². The molecule has 4 aliphatic carbocycles. The summed E-state index contributed by atoms with van der Waals surface area (Å²) < 4.78 is 0. The van der Waals surface area contributed by atoms with E-state index >= 15 is 0 Å². The van der Waals surface area contributed by atoms with Gasteiger partial charge in [0.1, 0.15) is 12.2 Å². The molecule has 4 aliphatic rings. The van der Waals surface area contributed by atoms with Gasteiger partial charge in [-0.25, -0.2) is 4.98 Å². The number of nitrogens with zero attached hydrogens (tertiary/aromatic N) is 1. The number of carboxylic acid groups (broad SMARTS) is 1. The summed E-state index contributed by atoms with van der Waals surface area (Å²) >= 11 is 0. The number of aliphatic carboxylic acids is 1. The SMILES string of the molecule is O=C(O)Cc1ncc(C2C3CC4CC(C3)CC2C4)[nH]1. The van der Waals surface area contributed by atoms with Crippen LogP contribution < -0.4 is 0 Å². The summed E-state index contributed by atoms with van der Waals surface area (Å²) in [6.07, 6.45) is 8.89. The zero-order valence-corrected chi connectivity index (χ0v) is 11.0. The molecule has 0 spiro atoms. The minimum absolute atomic E-state index is 0.00725. The number of H-pyrrole nitrogens is 1. The quantitative estimate of drug-likeness (QED) is 0.877. The molecule has 0 aliphatic heterocycles. The fraction of sp³-hybridized carbons (Fsp3) is 0.733. The van der Waals surface area contributed by atoms with E-state index in [1.165, 1.54) is 37.8 Å². The molecular weight excluding hydrogens is 240 g/mol. The van der Waals surface area contributed by atoms with Crippen molar-refractivity contribution in [1.29, 1.82) is 0 Å². The van der Waals surface area contributed by atoms with Crippen LogP contribution in [-0.4, -0.2) is 21.0 Å². The fourth-order valence-corrected chi connectivity index (χ4v) is 5.21. The van der Waals surface area contributed by atoms with Gasteiger partial charge in [0, 0.05) is 17.8 Å². The van der Waals surface area contributed by atoms with Crippen LogP contribution in [-0.2, 0) is 11.2 Å². The number of hydrogen-bond donors (Lipinski definition) is 2. The van der Waals surface area contributed by atoms with Gasteiger partial charge in [0.15, 0.2) is 0 Å². The zero-order valence-electron chi connectivity index (χ0n) is 11.0. The van der Waals surface area contributed by atoms with Gasteiger partial charge < -0.3 is 10.1 Å². The Morgan fingerprint density at radius 3 is 2.42 bits per heavy atom. The minimum Gasteiger partial charge on any atom is -0.481 e. The van der Waals surface area contributed by atoms with Crippen LogP contribution in [0.3, 0.4) is 0 Å². The highest BCUT2D eigenvalue weighted by Gasteiger charge is 2.49. The number of imidazole rings is 1. The maximum atomic E-state index is 10.7. The van der Waals surface area contributed by atoms with Gasteiger partial charge in [-0.05, 0) is 55.8 Å². The van der Waals surface area contributed by atoms with Gasteiger partial charge in [-0.15, -0.1) is 0 Å². The van der Waals surface area contributed by atoms with E-state index in [2.05, 4.69) is 9.97 Å². The smallest absolute Gasteiger partial charge is 0.311 e. The Bertz CT molecular complexity index is 480. The standard InChI is InChI=1S/C15H20N2O2/c18-14(19)6-13-16-7-12(17-13)15-10-2-8-1-9(4-10)5-11(15)3-8/h7-11,15H,1-6H2,(H,16,17)(H,18,19). The number of aromatic nitrogens is 2. The summed E-state index contributed by atoms with van der Waals surface area (Å²) in [7, 11) is 0. The molecule has 0 amide bonds. The maximum absolute atomic E-state index is 10.7. The second-order valence-electron chi connectivity index (χ2n) is 6.81. The average molecular weight is 260 g/mol. The third kappa shape index (κ3) is 1.88. The lowest BCUT2D eigenvalue weighted by Crippen LogP contribution is -2.43. The van der Waals surface area contributed by atoms with Crippen molar-refractivity contribution in [3.05, 3.63) is 17.7 Å². The normalized spacial score (nSPS) is 39.7. The number of aromatic amines is 1. The number of rotatable bonds is 3. The maximum Gasteiger partial charge on any atom is 0.311 e. The van der Waals surface area contributed by atoms with Gasteiger partial charge in [-0.3, -0.25) is 4.79 Å². The van der Waals surface area contributed by atoms with Gasteiger partial charge in [-0.1, -0.05) is 0 Å². The molecule has 102 valence electrons. The minimum atomic E-state index is -0.814. The van der Waals surface area contributed by atoms with Crippen molar-refractivity contribution in [2.24, 2.45) is 23.7 Å². The van der Waals surface area contributed by atoms with Crippen LogP contribution >= 0.6 is 0 Å². The van der Waals surface area contributed by atoms with E-state index in [1.54, 1.807) is 0 Å². The van der Waals surface area contributed by atoms with Crippen molar-refractivity contribution < 1.29 is 9.90 Å². The molecule has 0 radical (unpaired) electrons. The predicted octanol–water partition coefficient (Wildman–Crippen LogP) is 2.58. The number of nitrogens with one attached hydrogen (secondary N) is 1. The van der Waals surface area contributed by atoms with E-state index < -0.39 is 5.97 Å². The lowest BCUT2D eigenvalue weighted by molar-refractivity contribution is -0.136. The van der Waals surface area contributed by atoms with Crippen molar-refractivity contribution in [2.75, 3.05) is 0 Å². The first-order chi connectivity index (χ1) is 9.19. The first-order valence-electron chi connectivity index (χ1n) is 7.44.